The lowest BCUT2D eigenvalue weighted by atomic mass is 10.0. The van der Waals surface area contributed by atoms with E-state index in [0.717, 1.165) is 24.0 Å². The molecule has 2 aliphatic rings. The van der Waals surface area contributed by atoms with Crippen LogP contribution in [0, 0.1) is 0 Å². The van der Waals surface area contributed by atoms with Gasteiger partial charge in [0.15, 0.2) is 0 Å². The van der Waals surface area contributed by atoms with Gasteiger partial charge in [-0.1, -0.05) is 18.2 Å². The zero-order valence-corrected chi connectivity index (χ0v) is 6.54. The van der Waals surface area contributed by atoms with E-state index in [1.807, 2.05) is 24.3 Å². The van der Waals surface area contributed by atoms with Crippen LogP contribution in [0.15, 0.2) is 24.3 Å². The molecule has 0 saturated heterocycles. The number of fused-ring (bicyclic) bond motifs is 2. The topological polar surface area (TPSA) is 26.3 Å². The minimum absolute atomic E-state index is 0.150. The second kappa shape index (κ2) is 1.71. The number of rotatable bonds is 0. The molecule has 0 amide bonds. The zero-order valence-electron chi connectivity index (χ0n) is 6.54. The monoisotopic (exact) mass is 160 g/mol. The Labute approximate surface area is 70.2 Å². The van der Waals surface area contributed by atoms with Gasteiger partial charge in [0.05, 0.1) is 5.56 Å². The van der Waals surface area contributed by atoms with E-state index in [2.05, 4.69) is 0 Å². The lowest BCUT2D eigenvalue weighted by molar-refractivity contribution is 0.0316. The molecule has 1 spiro atoms. The molecule has 1 heterocycles. The van der Waals surface area contributed by atoms with Crippen LogP contribution in [0.2, 0.25) is 0 Å². The summed E-state index contributed by atoms with van der Waals surface area (Å²) in [6, 6.07) is 7.67. The van der Waals surface area contributed by atoms with Gasteiger partial charge in [-0.3, -0.25) is 0 Å². The maximum absolute atomic E-state index is 11.3. The van der Waals surface area contributed by atoms with Gasteiger partial charge < -0.3 is 4.74 Å². The van der Waals surface area contributed by atoms with E-state index in [-0.39, 0.29) is 11.6 Å². The van der Waals surface area contributed by atoms with Gasteiger partial charge in [0.25, 0.3) is 0 Å². The SMILES string of the molecule is O=C1OC2(CC2)c2ccccc21. The third-order valence-electron chi connectivity index (χ3n) is 2.63. The number of hydrogen-bond donors (Lipinski definition) is 0. The standard InChI is InChI=1S/C10H8O2/c11-9-7-3-1-2-4-8(7)10(12-9)5-6-10/h1-4H,5-6H2. The number of benzene rings is 1. The van der Waals surface area contributed by atoms with Crippen LogP contribution in [0.3, 0.4) is 0 Å². The molecule has 0 bridgehead atoms. The molecule has 2 heteroatoms. The average Bonchev–Trinajstić information content (AvgIpc) is 2.79. The van der Waals surface area contributed by atoms with Crippen molar-refractivity contribution in [3.05, 3.63) is 35.4 Å². The van der Waals surface area contributed by atoms with E-state index in [0.29, 0.717) is 0 Å². The van der Waals surface area contributed by atoms with Crippen molar-refractivity contribution in [3.8, 4) is 0 Å². The van der Waals surface area contributed by atoms with Crippen LogP contribution in [0.25, 0.3) is 0 Å². The highest BCUT2D eigenvalue weighted by Crippen LogP contribution is 2.54. The van der Waals surface area contributed by atoms with Crippen molar-refractivity contribution in [2.45, 2.75) is 18.4 Å². The fourth-order valence-electron chi connectivity index (χ4n) is 1.83. The molecule has 1 aromatic carbocycles. The van der Waals surface area contributed by atoms with Crippen LogP contribution in [-0.4, -0.2) is 5.97 Å². The minimum atomic E-state index is -0.201. The van der Waals surface area contributed by atoms with Gasteiger partial charge in [-0.05, 0) is 18.9 Å². The summed E-state index contributed by atoms with van der Waals surface area (Å²) in [6.45, 7) is 0. The largest absolute Gasteiger partial charge is 0.451 e. The lowest BCUT2D eigenvalue weighted by Crippen LogP contribution is -2.04. The molecule has 1 fully saturated rings. The Hall–Kier alpha value is -1.31. The summed E-state index contributed by atoms with van der Waals surface area (Å²) in [7, 11) is 0. The van der Waals surface area contributed by atoms with Gasteiger partial charge in [0.1, 0.15) is 5.60 Å². The molecule has 1 saturated carbocycles. The van der Waals surface area contributed by atoms with E-state index in [1.54, 1.807) is 0 Å². The number of hydrogen-bond acceptors (Lipinski definition) is 2. The first-order chi connectivity index (χ1) is 5.82. The van der Waals surface area contributed by atoms with Crippen molar-refractivity contribution < 1.29 is 9.53 Å². The maximum Gasteiger partial charge on any atom is 0.339 e. The highest BCUT2D eigenvalue weighted by molar-refractivity contribution is 5.95. The lowest BCUT2D eigenvalue weighted by Gasteiger charge is -2.04. The summed E-state index contributed by atoms with van der Waals surface area (Å²) >= 11 is 0. The minimum Gasteiger partial charge on any atom is -0.451 e. The summed E-state index contributed by atoms with van der Waals surface area (Å²) in [4.78, 5) is 11.3. The Morgan fingerprint density at radius 1 is 1.25 bits per heavy atom. The molecule has 0 atom stereocenters. The quantitative estimate of drug-likeness (QED) is 0.541. The predicted octanol–water partition coefficient (Wildman–Crippen LogP) is 1.85. The number of carbonyl (C=O) groups excluding carboxylic acids is 1. The molecule has 60 valence electrons. The van der Waals surface area contributed by atoms with Gasteiger partial charge in [-0.15, -0.1) is 0 Å². The van der Waals surface area contributed by atoms with Crippen LogP contribution in [0.4, 0.5) is 0 Å². The van der Waals surface area contributed by atoms with Gasteiger partial charge in [-0.25, -0.2) is 4.79 Å². The molecular weight excluding hydrogens is 152 g/mol. The first kappa shape index (κ1) is 6.23. The van der Waals surface area contributed by atoms with E-state index in [9.17, 15) is 4.79 Å². The van der Waals surface area contributed by atoms with Crippen molar-refractivity contribution in [1.29, 1.82) is 0 Å². The average molecular weight is 160 g/mol. The molecule has 1 aliphatic carbocycles. The van der Waals surface area contributed by atoms with Crippen molar-refractivity contribution >= 4 is 5.97 Å². The molecule has 0 radical (unpaired) electrons. The van der Waals surface area contributed by atoms with E-state index in [4.69, 9.17) is 4.74 Å². The fraction of sp³-hybridized carbons (Fsp3) is 0.300. The maximum atomic E-state index is 11.3. The molecule has 1 aromatic rings. The summed E-state index contributed by atoms with van der Waals surface area (Å²) in [6.07, 6.45) is 1.99. The Bertz CT molecular complexity index is 364. The zero-order chi connectivity index (χ0) is 8.18. The summed E-state index contributed by atoms with van der Waals surface area (Å²) in [5, 5.41) is 0. The molecule has 1 aliphatic heterocycles. The van der Waals surface area contributed by atoms with Crippen LogP contribution in [-0.2, 0) is 10.3 Å². The Kier molecular flexibility index (Phi) is 0.888. The van der Waals surface area contributed by atoms with Crippen LogP contribution < -0.4 is 0 Å². The fourth-order valence-corrected chi connectivity index (χ4v) is 1.83. The molecule has 0 N–H and O–H groups in total. The van der Waals surface area contributed by atoms with Crippen LogP contribution in [0.5, 0.6) is 0 Å². The molecule has 12 heavy (non-hydrogen) atoms. The van der Waals surface area contributed by atoms with Gasteiger partial charge >= 0.3 is 5.97 Å². The van der Waals surface area contributed by atoms with Gasteiger partial charge in [-0.2, -0.15) is 0 Å². The number of esters is 1. The van der Waals surface area contributed by atoms with E-state index < -0.39 is 0 Å². The highest BCUT2D eigenvalue weighted by atomic mass is 16.6. The first-order valence-corrected chi connectivity index (χ1v) is 4.15. The predicted molar refractivity (Wildman–Crippen MR) is 42.8 cm³/mol. The van der Waals surface area contributed by atoms with Crippen molar-refractivity contribution in [2.24, 2.45) is 0 Å². The molecule has 0 unspecified atom stereocenters. The van der Waals surface area contributed by atoms with Crippen LogP contribution >= 0.6 is 0 Å². The Balaban J connectivity index is 2.27. The Morgan fingerprint density at radius 3 is 2.75 bits per heavy atom. The van der Waals surface area contributed by atoms with Crippen molar-refractivity contribution in [3.63, 3.8) is 0 Å². The molecule has 2 nitrogen and oxygen atoms in total. The van der Waals surface area contributed by atoms with E-state index in [1.165, 1.54) is 0 Å². The second-order valence-electron chi connectivity index (χ2n) is 3.43. The number of ether oxygens (including phenoxy) is 1. The van der Waals surface area contributed by atoms with Gasteiger partial charge in [0.2, 0.25) is 0 Å². The first-order valence-electron chi connectivity index (χ1n) is 4.15. The van der Waals surface area contributed by atoms with E-state index >= 15 is 0 Å². The molecule has 0 aromatic heterocycles. The van der Waals surface area contributed by atoms with Crippen molar-refractivity contribution in [1.82, 2.24) is 0 Å². The third kappa shape index (κ3) is 0.583. The smallest absolute Gasteiger partial charge is 0.339 e. The summed E-state index contributed by atoms with van der Waals surface area (Å²) in [5.41, 5.74) is 1.65. The normalized spacial score (nSPS) is 22.2. The summed E-state index contributed by atoms with van der Waals surface area (Å²) < 4.78 is 5.29. The molecule has 3 rings (SSSR count). The van der Waals surface area contributed by atoms with Crippen molar-refractivity contribution in [2.75, 3.05) is 0 Å². The molecular formula is C10H8O2. The second-order valence-corrected chi connectivity index (χ2v) is 3.43. The number of carbonyl (C=O) groups is 1. The third-order valence-corrected chi connectivity index (χ3v) is 2.63. The van der Waals surface area contributed by atoms with Crippen LogP contribution in [0.1, 0.15) is 28.8 Å². The van der Waals surface area contributed by atoms with Gasteiger partial charge in [0, 0.05) is 5.56 Å². The summed E-state index contributed by atoms with van der Waals surface area (Å²) in [5.74, 6) is -0.150. The Morgan fingerprint density at radius 2 is 2.00 bits per heavy atom. The highest BCUT2D eigenvalue weighted by Gasteiger charge is 2.54.